The minimum absolute atomic E-state index is 0.855. The first kappa shape index (κ1) is 14.4. The van der Waals surface area contributed by atoms with Crippen LogP contribution in [0.25, 0.3) is 0 Å². The van der Waals surface area contributed by atoms with Gasteiger partial charge in [-0.3, -0.25) is 0 Å². The Morgan fingerprint density at radius 1 is 1.26 bits per heavy atom. The van der Waals surface area contributed by atoms with Crippen LogP contribution in [0.3, 0.4) is 0 Å². The van der Waals surface area contributed by atoms with E-state index in [2.05, 4.69) is 29.4 Å². The van der Waals surface area contributed by atoms with E-state index in [-0.39, 0.29) is 0 Å². The maximum absolute atomic E-state index is 5.37. The van der Waals surface area contributed by atoms with Crippen LogP contribution < -0.4 is 10.1 Å². The summed E-state index contributed by atoms with van der Waals surface area (Å²) in [5.74, 6) is 1.86. The van der Waals surface area contributed by atoms with Gasteiger partial charge in [0, 0.05) is 0 Å². The summed E-state index contributed by atoms with van der Waals surface area (Å²) in [5.41, 5.74) is 1.29. The number of methoxy groups -OCH3 is 1. The second kappa shape index (κ2) is 7.51. The molecule has 19 heavy (non-hydrogen) atoms. The zero-order valence-corrected chi connectivity index (χ0v) is 12.2. The van der Waals surface area contributed by atoms with Crippen molar-refractivity contribution in [2.75, 3.05) is 40.3 Å². The molecule has 3 nitrogen and oxygen atoms in total. The zero-order chi connectivity index (χ0) is 13.5. The molecule has 1 fully saturated rings. The van der Waals surface area contributed by atoms with Crippen LogP contribution >= 0.6 is 0 Å². The molecule has 0 aliphatic carbocycles. The Hall–Kier alpha value is -1.06. The molecule has 0 saturated carbocycles. The van der Waals surface area contributed by atoms with Crippen molar-refractivity contribution in [3.63, 3.8) is 0 Å². The summed E-state index contributed by atoms with van der Waals surface area (Å²) in [7, 11) is 3.95. The van der Waals surface area contributed by atoms with E-state index in [1.54, 1.807) is 7.11 Å². The second-order valence-corrected chi connectivity index (χ2v) is 5.51. The first-order chi connectivity index (χ1) is 9.29. The van der Waals surface area contributed by atoms with Crippen molar-refractivity contribution >= 4 is 0 Å². The standard InChI is InChI=1S/C16H26N2O/c1-18-11-8-14(9-12-18)13-17-10-7-15-5-3-4-6-16(15)19-2/h3-6,14,17H,7-13H2,1-2H3. The fraction of sp³-hybridized carbons (Fsp3) is 0.625. The molecule has 0 amide bonds. The van der Waals surface area contributed by atoms with Crippen molar-refractivity contribution in [3.8, 4) is 5.75 Å². The lowest BCUT2D eigenvalue weighted by molar-refractivity contribution is 0.216. The lowest BCUT2D eigenvalue weighted by Gasteiger charge is -2.29. The molecule has 3 heteroatoms. The quantitative estimate of drug-likeness (QED) is 0.795. The van der Waals surface area contributed by atoms with Gasteiger partial charge in [0.15, 0.2) is 0 Å². The van der Waals surface area contributed by atoms with Gasteiger partial charge in [0.05, 0.1) is 7.11 Å². The molecule has 0 unspecified atom stereocenters. The highest BCUT2D eigenvalue weighted by Gasteiger charge is 2.15. The first-order valence-corrected chi connectivity index (χ1v) is 7.30. The molecular formula is C16H26N2O. The van der Waals surface area contributed by atoms with Gasteiger partial charge < -0.3 is 15.0 Å². The van der Waals surface area contributed by atoms with Crippen LogP contribution in [-0.2, 0) is 6.42 Å². The van der Waals surface area contributed by atoms with E-state index in [0.29, 0.717) is 0 Å². The number of ether oxygens (including phenoxy) is 1. The summed E-state index contributed by atoms with van der Waals surface area (Å²) in [6, 6.07) is 8.28. The first-order valence-electron chi connectivity index (χ1n) is 7.30. The summed E-state index contributed by atoms with van der Waals surface area (Å²) in [5, 5.41) is 3.60. The Bertz CT molecular complexity index is 373. The third-order valence-corrected chi connectivity index (χ3v) is 4.03. The van der Waals surface area contributed by atoms with E-state index < -0.39 is 0 Å². The SMILES string of the molecule is COc1ccccc1CCNCC1CCN(C)CC1. The topological polar surface area (TPSA) is 24.5 Å². The molecule has 1 aromatic rings. The number of hydrogen-bond acceptors (Lipinski definition) is 3. The van der Waals surface area contributed by atoms with Gasteiger partial charge >= 0.3 is 0 Å². The predicted molar refractivity (Wildman–Crippen MR) is 79.8 cm³/mol. The number of hydrogen-bond donors (Lipinski definition) is 1. The lowest BCUT2D eigenvalue weighted by Crippen LogP contribution is -2.35. The van der Waals surface area contributed by atoms with Crippen LogP contribution in [0.4, 0.5) is 0 Å². The summed E-state index contributed by atoms with van der Waals surface area (Å²) in [4.78, 5) is 2.42. The van der Waals surface area contributed by atoms with E-state index in [1.807, 2.05) is 12.1 Å². The summed E-state index contributed by atoms with van der Waals surface area (Å²) >= 11 is 0. The van der Waals surface area contributed by atoms with Gasteiger partial charge in [-0.25, -0.2) is 0 Å². The fourth-order valence-electron chi connectivity index (χ4n) is 2.70. The molecule has 0 radical (unpaired) electrons. The Balaban J connectivity index is 1.66. The number of nitrogens with one attached hydrogen (secondary N) is 1. The van der Waals surface area contributed by atoms with Gasteiger partial charge in [0.2, 0.25) is 0 Å². The van der Waals surface area contributed by atoms with Gasteiger partial charge in [0.25, 0.3) is 0 Å². The van der Waals surface area contributed by atoms with Gasteiger partial charge in [-0.05, 0) is 70.0 Å². The molecule has 1 saturated heterocycles. The number of likely N-dealkylation sites (tertiary alicyclic amines) is 1. The Kier molecular flexibility index (Phi) is 5.67. The minimum Gasteiger partial charge on any atom is -0.496 e. The maximum Gasteiger partial charge on any atom is 0.122 e. The number of piperidine rings is 1. The average molecular weight is 262 g/mol. The molecule has 1 aliphatic heterocycles. The monoisotopic (exact) mass is 262 g/mol. The van der Waals surface area contributed by atoms with E-state index in [1.165, 1.54) is 31.5 Å². The highest BCUT2D eigenvalue weighted by Crippen LogP contribution is 2.18. The Morgan fingerprint density at radius 2 is 2.00 bits per heavy atom. The molecule has 0 spiro atoms. The van der Waals surface area contributed by atoms with Crippen LogP contribution in [0.15, 0.2) is 24.3 Å². The molecule has 106 valence electrons. The van der Waals surface area contributed by atoms with E-state index >= 15 is 0 Å². The molecule has 2 rings (SSSR count). The molecular weight excluding hydrogens is 236 g/mol. The van der Waals surface area contributed by atoms with Crippen molar-refractivity contribution in [3.05, 3.63) is 29.8 Å². The van der Waals surface area contributed by atoms with Gasteiger partial charge in [-0.1, -0.05) is 18.2 Å². The normalized spacial score (nSPS) is 17.6. The van der Waals surface area contributed by atoms with Crippen molar-refractivity contribution in [2.24, 2.45) is 5.92 Å². The van der Waals surface area contributed by atoms with Crippen molar-refractivity contribution in [1.82, 2.24) is 10.2 Å². The molecule has 1 aliphatic rings. The fourth-order valence-corrected chi connectivity index (χ4v) is 2.70. The zero-order valence-electron chi connectivity index (χ0n) is 12.2. The number of benzene rings is 1. The molecule has 0 atom stereocenters. The van der Waals surface area contributed by atoms with Gasteiger partial charge in [0.1, 0.15) is 5.75 Å². The van der Waals surface area contributed by atoms with E-state index in [4.69, 9.17) is 4.74 Å². The van der Waals surface area contributed by atoms with Crippen LogP contribution in [-0.4, -0.2) is 45.2 Å². The Labute approximate surface area is 116 Å². The minimum atomic E-state index is 0.855. The van der Waals surface area contributed by atoms with Gasteiger partial charge in [-0.15, -0.1) is 0 Å². The average Bonchev–Trinajstić information content (AvgIpc) is 2.46. The Morgan fingerprint density at radius 3 is 2.74 bits per heavy atom. The maximum atomic E-state index is 5.37. The summed E-state index contributed by atoms with van der Waals surface area (Å²) in [6.07, 6.45) is 3.70. The van der Waals surface area contributed by atoms with Gasteiger partial charge in [-0.2, -0.15) is 0 Å². The molecule has 1 heterocycles. The van der Waals surface area contributed by atoms with E-state index in [9.17, 15) is 0 Å². The predicted octanol–water partition coefficient (Wildman–Crippen LogP) is 2.17. The van der Waals surface area contributed by atoms with Crippen LogP contribution in [0, 0.1) is 5.92 Å². The molecule has 0 aromatic heterocycles. The summed E-state index contributed by atoms with van der Waals surface area (Å²) in [6.45, 7) is 4.69. The third-order valence-electron chi connectivity index (χ3n) is 4.03. The van der Waals surface area contributed by atoms with Crippen LogP contribution in [0.5, 0.6) is 5.75 Å². The van der Waals surface area contributed by atoms with Crippen molar-refractivity contribution < 1.29 is 4.74 Å². The van der Waals surface area contributed by atoms with E-state index in [0.717, 1.165) is 31.2 Å². The smallest absolute Gasteiger partial charge is 0.122 e. The third kappa shape index (κ3) is 4.51. The largest absolute Gasteiger partial charge is 0.496 e. The van der Waals surface area contributed by atoms with Crippen molar-refractivity contribution in [2.45, 2.75) is 19.3 Å². The summed E-state index contributed by atoms with van der Waals surface area (Å²) < 4.78 is 5.37. The highest BCUT2D eigenvalue weighted by molar-refractivity contribution is 5.33. The highest BCUT2D eigenvalue weighted by atomic mass is 16.5. The number of nitrogens with zero attached hydrogens (tertiary/aromatic N) is 1. The van der Waals surface area contributed by atoms with Crippen molar-refractivity contribution in [1.29, 1.82) is 0 Å². The number of para-hydroxylation sites is 1. The molecule has 0 bridgehead atoms. The lowest BCUT2D eigenvalue weighted by atomic mass is 9.97. The second-order valence-electron chi connectivity index (χ2n) is 5.51. The van der Waals surface area contributed by atoms with Crippen LogP contribution in [0.2, 0.25) is 0 Å². The molecule has 1 aromatic carbocycles. The number of rotatable bonds is 6. The van der Waals surface area contributed by atoms with Crippen LogP contribution in [0.1, 0.15) is 18.4 Å². The molecule has 1 N–H and O–H groups in total.